The summed E-state index contributed by atoms with van der Waals surface area (Å²) in [7, 11) is -4.17. The van der Waals surface area contributed by atoms with Gasteiger partial charge in [-0.1, -0.05) is 0 Å². The predicted molar refractivity (Wildman–Crippen MR) is 15.1 cm³/mol. The summed E-state index contributed by atoms with van der Waals surface area (Å²) in [4.78, 5) is 0. The molecule has 0 aromatic rings. The number of hydrogen-bond acceptors (Lipinski definition) is 2. The second-order valence-corrected chi connectivity index (χ2v) is 1.51. The molecule has 0 spiro atoms. The van der Waals surface area contributed by atoms with Gasteiger partial charge in [-0.3, -0.25) is 0 Å². The zero-order valence-corrected chi connectivity index (χ0v) is 3.04. The first-order valence-corrected chi connectivity index (χ1v) is 2.22. The topological polar surface area (TPSA) is 81.7 Å². The van der Waals surface area contributed by atoms with E-state index in [1.54, 1.807) is 0 Å². The van der Waals surface area contributed by atoms with Crippen molar-refractivity contribution in [1.29, 1.82) is 0 Å². The van der Waals surface area contributed by atoms with Crippen LogP contribution in [-0.2, 0) is 10.2 Å². The monoisotopic (exact) mass is 94.0 g/mol. The Morgan fingerprint density at radius 1 is 1.20 bits per heavy atom. The Kier molecular flexibility index (Phi) is 0.901. The summed E-state index contributed by atoms with van der Waals surface area (Å²) >= 11 is 0. The summed E-state index contributed by atoms with van der Waals surface area (Å²) in [6.45, 7) is 0. The van der Waals surface area contributed by atoms with Gasteiger partial charge in [-0.25, -0.2) is 0 Å². The van der Waals surface area contributed by atoms with E-state index >= 15 is 0 Å². The molecule has 0 aromatic heterocycles. The molecule has 0 fully saturated rings. The molecule has 0 saturated heterocycles. The van der Waals surface area contributed by atoms with Gasteiger partial charge < -0.3 is 0 Å². The third kappa shape index (κ3) is 801. The first-order valence-electron chi connectivity index (χ1n) is 0.742. The van der Waals surface area contributed by atoms with Crippen LogP contribution in [0.4, 0.5) is 0 Å². The second-order valence-electron chi connectivity index (χ2n) is 0.503. The summed E-state index contributed by atoms with van der Waals surface area (Å²) in [5.74, 6) is 0. The van der Waals surface area contributed by atoms with Gasteiger partial charge >= 0.3 is 10.2 Å². The lowest BCUT2D eigenvalue weighted by Crippen LogP contribution is -1.96. The van der Waals surface area contributed by atoms with Gasteiger partial charge in [0.1, 0.15) is 0 Å². The molecule has 0 bridgehead atoms. The Morgan fingerprint density at radius 2 is 1.20 bits per heavy atom. The van der Waals surface area contributed by atoms with Crippen molar-refractivity contribution in [2.24, 2.45) is 0 Å². The minimum absolute atomic E-state index is 4.17. The zero-order chi connectivity index (χ0) is 4.50. The molecule has 2 radical (unpaired) electrons. The van der Waals surface area contributed by atoms with Crippen LogP contribution < -0.4 is 10.3 Å². The van der Waals surface area contributed by atoms with Gasteiger partial charge in [-0.15, -0.1) is 10.3 Å². The summed E-state index contributed by atoms with van der Waals surface area (Å²) < 4.78 is 17.9. The van der Waals surface area contributed by atoms with Gasteiger partial charge in [0.15, 0.2) is 0 Å². The average molecular weight is 94.1 g/mol. The Balaban J connectivity index is 4.06. The van der Waals surface area contributed by atoms with Crippen LogP contribution in [0.5, 0.6) is 0 Å². The standard InChI is InChI=1S/H2N2O2S/c1-5(2,3)4/h1-2H. The van der Waals surface area contributed by atoms with Gasteiger partial charge in [-0.05, 0) is 0 Å². The molecule has 0 amide bonds. The molecule has 0 aliphatic heterocycles. The quantitative estimate of drug-likeness (QED) is 0.377. The SMILES string of the molecule is [NH]S([NH])(=O)=O. The van der Waals surface area contributed by atoms with Crippen LogP contribution in [0.3, 0.4) is 0 Å². The molecule has 0 rings (SSSR count). The van der Waals surface area contributed by atoms with E-state index in [-0.39, 0.29) is 0 Å². The summed E-state index contributed by atoms with van der Waals surface area (Å²) in [6.07, 6.45) is 0. The Labute approximate surface area is 30.0 Å². The van der Waals surface area contributed by atoms with Crippen molar-refractivity contribution in [3.8, 4) is 0 Å². The van der Waals surface area contributed by atoms with Gasteiger partial charge in [0.05, 0.1) is 0 Å². The zero-order valence-electron chi connectivity index (χ0n) is 2.22. The van der Waals surface area contributed by atoms with E-state index in [0.29, 0.717) is 0 Å². The highest BCUT2D eigenvalue weighted by atomic mass is 32.2. The van der Waals surface area contributed by atoms with Gasteiger partial charge in [-0.2, -0.15) is 8.42 Å². The minimum atomic E-state index is -4.17. The third-order valence-corrected chi connectivity index (χ3v) is 0. The Hall–Kier alpha value is -0.130. The van der Waals surface area contributed by atoms with Crippen LogP contribution in [0, 0.1) is 0 Å². The lowest BCUT2D eigenvalue weighted by molar-refractivity contribution is 0.596. The van der Waals surface area contributed by atoms with Crippen molar-refractivity contribution < 1.29 is 8.42 Å². The van der Waals surface area contributed by atoms with E-state index < -0.39 is 10.2 Å². The molecule has 0 aliphatic rings. The fourth-order valence-corrected chi connectivity index (χ4v) is 0. The lowest BCUT2D eigenvalue weighted by atomic mass is 13.9. The Bertz CT molecular complexity index is 90.8. The van der Waals surface area contributed by atoms with Gasteiger partial charge in [0, 0.05) is 0 Å². The molecular weight excluding hydrogens is 92.1 g/mol. The summed E-state index contributed by atoms with van der Waals surface area (Å²) in [6, 6.07) is 0. The van der Waals surface area contributed by atoms with Crippen LogP contribution in [0.2, 0.25) is 0 Å². The predicted octanol–water partition coefficient (Wildman–Crippen LogP) is -1.20. The fourth-order valence-electron chi connectivity index (χ4n) is 0. The van der Waals surface area contributed by atoms with E-state index in [1.165, 1.54) is 0 Å². The maximum atomic E-state index is 8.97. The van der Waals surface area contributed by atoms with E-state index in [9.17, 15) is 0 Å². The Morgan fingerprint density at radius 3 is 1.20 bits per heavy atom. The van der Waals surface area contributed by atoms with E-state index in [4.69, 9.17) is 18.7 Å². The smallest absolute Gasteiger partial charge is 0.193 e. The summed E-state index contributed by atoms with van der Waals surface area (Å²) in [5.41, 5.74) is 0. The molecule has 0 heterocycles. The molecule has 5 heteroatoms. The van der Waals surface area contributed by atoms with Crippen LogP contribution in [0.1, 0.15) is 0 Å². The molecule has 5 heavy (non-hydrogen) atoms. The first-order chi connectivity index (χ1) is 2.00. The van der Waals surface area contributed by atoms with E-state index in [2.05, 4.69) is 0 Å². The molecular formula is H2N2O2S. The lowest BCUT2D eigenvalue weighted by Gasteiger charge is -1.67. The van der Waals surface area contributed by atoms with Gasteiger partial charge in [0.2, 0.25) is 0 Å². The third-order valence-electron chi connectivity index (χ3n) is 0. The largest absolute Gasteiger partial charge is 0.304 e. The molecule has 0 aliphatic carbocycles. The van der Waals surface area contributed by atoms with Crippen molar-refractivity contribution in [3.63, 3.8) is 0 Å². The molecule has 0 saturated carbocycles. The van der Waals surface area contributed by atoms with Crippen molar-refractivity contribution >= 4 is 10.2 Å². The highest BCUT2D eigenvalue weighted by molar-refractivity contribution is 7.86. The van der Waals surface area contributed by atoms with Crippen molar-refractivity contribution in [3.05, 3.63) is 0 Å². The van der Waals surface area contributed by atoms with Crippen molar-refractivity contribution in [1.82, 2.24) is 10.3 Å². The second kappa shape index (κ2) is 0.925. The van der Waals surface area contributed by atoms with Crippen LogP contribution >= 0.6 is 0 Å². The molecule has 0 atom stereocenters. The molecule has 4 nitrogen and oxygen atoms in total. The molecule has 0 aromatic carbocycles. The van der Waals surface area contributed by atoms with Crippen molar-refractivity contribution in [2.45, 2.75) is 0 Å². The minimum Gasteiger partial charge on any atom is -0.193 e. The number of rotatable bonds is 0. The molecule has 0 unspecified atom stereocenters. The average Bonchev–Trinajstić information content (AvgIpc) is 0.722. The maximum absolute atomic E-state index is 8.97. The highest BCUT2D eigenvalue weighted by Crippen LogP contribution is 1.53. The number of nitrogens with one attached hydrogen (secondary N) is 2. The summed E-state index contributed by atoms with van der Waals surface area (Å²) in [5, 5.41) is 11.2. The normalized spacial score (nSPS) is 11.6. The van der Waals surface area contributed by atoms with Crippen LogP contribution in [-0.4, -0.2) is 8.42 Å². The van der Waals surface area contributed by atoms with E-state index in [1.807, 2.05) is 0 Å². The fraction of sp³-hybridized carbons (Fsp3) is 0. The molecule has 30 valence electrons. The van der Waals surface area contributed by atoms with E-state index in [0.717, 1.165) is 0 Å². The van der Waals surface area contributed by atoms with Crippen LogP contribution in [0.15, 0.2) is 0 Å². The van der Waals surface area contributed by atoms with Crippen LogP contribution in [0.25, 0.3) is 0 Å². The van der Waals surface area contributed by atoms with Crippen molar-refractivity contribution in [2.75, 3.05) is 0 Å². The molecule has 2 N–H and O–H groups in total. The maximum Gasteiger partial charge on any atom is 0.304 e. The van der Waals surface area contributed by atoms with Gasteiger partial charge in [0.25, 0.3) is 0 Å². The number of hydrogen-bond donors (Lipinski definition) is 0. The first kappa shape index (κ1) is 4.87. The highest BCUT2D eigenvalue weighted by Gasteiger charge is 1.83.